The highest BCUT2D eigenvalue weighted by molar-refractivity contribution is 6.34. The van der Waals surface area contributed by atoms with Gasteiger partial charge in [-0.2, -0.15) is 5.10 Å². The smallest absolute Gasteiger partial charge is 0.351 e. The van der Waals surface area contributed by atoms with Crippen molar-refractivity contribution in [3.8, 4) is 0 Å². The van der Waals surface area contributed by atoms with E-state index in [-0.39, 0.29) is 18.2 Å². The number of carboxylic acids is 1. The largest absolute Gasteiger partial charge is 0.477 e. The van der Waals surface area contributed by atoms with E-state index in [1.807, 2.05) is 42.2 Å². The van der Waals surface area contributed by atoms with E-state index in [1.54, 1.807) is 0 Å². The van der Waals surface area contributed by atoms with Crippen LogP contribution in [0.1, 0.15) is 13.8 Å². The van der Waals surface area contributed by atoms with Crippen molar-refractivity contribution < 1.29 is 14.7 Å². The van der Waals surface area contributed by atoms with Crippen LogP contribution in [-0.4, -0.2) is 35.8 Å². The lowest BCUT2D eigenvalue weighted by atomic mass is 10.3. The zero-order chi connectivity index (χ0) is 14.3. The lowest BCUT2D eigenvalue weighted by Crippen LogP contribution is -2.35. The number of nitrogens with one attached hydrogen (secondary N) is 1. The summed E-state index contributed by atoms with van der Waals surface area (Å²) < 4.78 is 0. The van der Waals surface area contributed by atoms with Crippen LogP contribution in [0.3, 0.4) is 0 Å². The molecule has 19 heavy (non-hydrogen) atoms. The molecule has 0 aliphatic rings. The van der Waals surface area contributed by atoms with Gasteiger partial charge in [0.15, 0.2) is 0 Å². The summed E-state index contributed by atoms with van der Waals surface area (Å²) in [6.07, 6.45) is 0. The summed E-state index contributed by atoms with van der Waals surface area (Å²) in [4.78, 5) is 24.0. The Balaban J connectivity index is 2.60. The van der Waals surface area contributed by atoms with E-state index in [4.69, 9.17) is 5.11 Å². The second-order valence-corrected chi connectivity index (χ2v) is 3.89. The Labute approximate surface area is 111 Å². The molecule has 0 heterocycles. The van der Waals surface area contributed by atoms with Crippen molar-refractivity contribution >= 4 is 23.3 Å². The van der Waals surface area contributed by atoms with E-state index in [9.17, 15) is 9.59 Å². The van der Waals surface area contributed by atoms with E-state index in [1.165, 1.54) is 6.92 Å². The van der Waals surface area contributed by atoms with Gasteiger partial charge >= 0.3 is 5.97 Å². The fourth-order valence-electron chi connectivity index (χ4n) is 1.43. The predicted molar refractivity (Wildman–Crippen MR) is 73.2 cm³/mol. The van der Waals surface area contributed by atoms with Crippen molar-refractivity contribution in [2.24, 2.45) is 5.10 Å². The lowest BCUT2D eigenvalue weighted by molar-refractivity contribution is -0.129. The SMILES string of the molecule is CCN(CC(=O)N/N=C(/C)C(=O)O)c1ccccc1. The lowest BCUT2D eigenvalue weighted by Gasteiger charge is -2.21. The van der Waals surface area contributed by atoms with Gasteiger partial charge in [-0.15, -0.1) is 0 Å². The van der Waals surface area contributed by atoms with Crippen LogP contribution in [0.2, 0.25) is 0 Å². The fraction of sp³-hybridized carbons (Fsp3) is 0.308. The van der Waals surface area contributed by atoms with Gasteiger partial charge in [-0.1, -0.05) is 18.2 Å². The summed E-state index contributed by atoms with van der Waals surface area (Å²) in [5.41, 5.74) is 3.00. The van der Waals surface area contributed by atoms with E-state index < -0.39 is 5.97 Å². The molecule has 1 aromatic carbocycles. The first-order valence-electron chi connectivity index (χ1n) is 5.91. The van der Waals surface area contributed by atoms with Crippen molar-refractivity contribution in [3.63, 3.8) is 0 Å². The van der Waals surface area contributed by atoms with Crippen LogP contribution in [-0.2, 0) is 9.59 Å². The highest BCUT2D eigenvalue weighted by Gasteiger charge is 2.09. The number of likely N-dealkylation sites (N-methyl/N-ethyl adjacent to an activating group) is 1. The van der Waals surface area contributed by atoms with Crippen molar-refractivity contribution in [2.75, 3.05) is 18.0 Å². The van der Waals surface area contributed by atoms with E-state index in [0.717, 1.165) is 5.69 Å². The third-order valence-corrected chi connectivity index (χ3v) is 2.50. The maximum absolute atomic E-state index is 11.7. The first-order chi connectivity index (χ1) is 9.04. The minimum absolute atomic E-state index is 0.122. The molecule has 102 valence electrons. The molecule has 2 N–H and O–H groups in total. The monoisotopic (exact) mass is 263 g/mol. The van der Waals surface area contributed by atoms with Crippen molar-refractivity contribution in [2.45, 2.75) is 13.8 Å². The van der Waals surface area contributed by atoms with Crippen LogP contribution in [0.5, 0.6) is 0 Å². The van der Waals surface area contributed by atoms with Crippen LogP contribution in [0.15, 0.2) is 35.4 Å². The molecule has 0 radical (unpaired) electrons. The molecule has 0 aliphatic carbocycles. The molecule has 0 atom stereocenters. The molecular weight excluding hydrogens is 246 g/mol. The standard InChI is InChI=1S/C13H17N3O3/c1-3-16(11-7-5-4-6-8-11)9-12(17)15-14-10(2)13(18)19/h4-8H,3,9H2,1-2H3,(H,15,17)(H,18,19)/b14-10-. The zero-order valence-corrected chi connectivity index (χ0v) is 11.0. The molecule has 0 aliphatic heterocycles. The molecular formula is C13H17N3O3. The van der Waals surface area contributed by atoms with E-state index >= 15 is 0 Å². The first-order valence-corrected chi connectivity index (χ1v) is 5.91. The number of carboxylic acid groups (broad SMARTS) is 1. The van der Waals surface area contributed by atoms with Crippen LogP contribution in [0, 0.1) is 0 Å². The molecule has 0 fully saturated rings. The number of rotatable bonds is 6. The average molecular weight is 263 g/mol. The molecule has 0 saturated heterocycles. The average Bonchev–Trinajstić information content (AvgIpc) is 2.42. The highest BCUT2D eigenvalue weighted by atomic mass is 16.4. The Hall–Kier alpha value is -2.37. The second kappa shape index (κ2) is 7.15. The number of benzene rings is 1. The minimum atomic E-state index is -1.16. The van der Waals surface area contributed by atoms with Crippen LogP contribution >= 0.6 is 0 Å². The maximum Gasteiger partial charge on any atom is 0.351 e. The number of hydrogen-bond acceptors (Lipinski definition) is 4. The zero-order valence-electron chi connectivity index (χ0n) is 11.0. The third kappa shape index (κ3) is 4.79. The summed E-state index contributed by atoms with van der Waals surface area (Å²) >= 11 is 0. The maximum atomic E-state index is 11.7. The van der Waals surface area contributed by atoms with Gasteiger partial charge in [0.25, 0.3) is 5.91 Å². The number of aliphatic carboxylic acids is 1. The molecule has 1 amide bonds. The molecule has 1 rings (SSSR count). The minimum Gasteiger partial charge on any atom is -0.477 e. The van der Waals surface area contributed by atoms with Gasteiger partial charge in [-0.05, 0) is 26.0 Å². The topological polar surface area (TPSA) is 82.0 Å². The van der Waals surface area contributed by atoms with Gasteiger partial charge in [0.1, 0.15) is 5.71 Å². The summed E-state index contributed by atoms with van der Waals surface area (Å²) in [6.45, 7) is 4.04. The third-order valence-electron chi connectivity index (χ3n) is 2.50. The molecule has 0 unspecified atom stereocenters. The normalized spacial score (nSPS) is 10.9. The van der Waals surface area contributed by atoms with Gasteiger partial charge in [0, 0.05) is 12.2 Å². The van der Waals surface area contributed by atoms with Crippen molar-refractivity contribution in [3.05, 3.63) is 30.3 Å². The summed E-state index contributed by atoms with van der Waals surface area (Å²) in [5.74, 6) is -1.51. The van der Waals surface area contributed by atoms with Crippen LogP contribution in [0.4, 0.5) is 5.69 Å². The van der Waals surface area contributed by atoms with Crippen LogP contribution in [0.25, 0.3) is 0 Å². The number of nitrogens with zero attached hydrogens (tertiary/aromatic N) is 2. The summed E-state index contributed by atoms with van der Waals surface area (Å²) in [6, 6.07) is 9.49. The number of carbonyl (C=O) groups is 2. The number of amides is 1. The number of hydrazone groups is 1. The van der Waals surface area contributed by atoms with E-state index in [2.05, 4.69) is 10.5 Å². The Bertz CT molecular complexity index is 471. The predicted octanol–water partition coefficient (Wildman–Crippen LogP) is 1.09. The van der Waals surface area contributed by atoms with Gasteiger partial charge in [0.2, 0.25) is 0 Å². The number of anilines is 1. The highest BCUT2D eigenvalue weighted by Crippen LogP contribution is 2.11. The molecule has 6 heteroatoms. The number of carbonyl (C=O) groups excluding carboxylic acids is 1. The Morgan fingerprint density at radius 3 is 2.47 bits per heavy atom. The van der Waals surface area contributed by atoms with Gasteiger partial charge in [0.05, 0.1) is 6.54 Å². The van der Waals surface area contributed by atoms with E-state index in [0.29, 0.717) is 6.54 Å². The molecule has 0 bridgehead atoms. The molecule has 0 saturated carbocycles. The molecule has 0 spiro atoms. The number of hydrogen-bond donors (Lipinski definition) is 2. The molecule has 0 aromatic heterocycles. The Morgan fingerprint density at radius 1 is 1.32 bits per heavy atom. The van der Waals surface area contributed by atoms with Gasteiger partial charge in [-0.25, -0.2) is 10.2 Å². The number of para-hydroxylation sites is 1. The van der Waals surface area contributed by atoms with Gasteiger partial charge < -0.3 is 10.0 Å². The summed E-state index contributed by atoms with van der Waals surface area (Å²) in [5, 5.41) is 12.1. The van der Waals surface area contributed by atoms with Crippen LogP contribution < -0.4 is 10.3 Å². The Kier molecular flexibility index (Phi) is 5.53. The fourth-order valence-corrected chi connectivity index (χ4v) is 1.43. The first kappa shape index (κ1) is 14.7. The summed E-state index contributed by atoms with van der Waals surface area (Å²) in [7, 11) is 0. The second-order valence-electron chi connectivity index (χ2n) is 3.89. The van der Waals surface area contributed by atoms with Crippen molar-refractivity contribution in [1.82, 2.24) is 5.43 Å². The van der Waals surface area contributed by atoms with Gasteiger partial charge in [-0.3, -0.25) is 4.79 Å². The Morgan fingerprint density at radius 2 is 1.95 bits per heavy atom. The molecule has 1 aromatic rings. The quantitative estimate of drug-likeness (QED) is 0.594. The van der Waals surface area contributed by atoms with Crippen molar-refractivity contribution in [1.29, 1.82) is 0 Å². The molecule has 6 nitrogen and oxygen atoms in total.